The van der Waals surface area contributed by atoms with Crippen LogP contribution in [0.3, 0.4) is 0 Å². The lowest BCUT2D eigenvalue weighted by atomic mass is 10.3. The molecule has 0 N–H and O–H groups in total. The van der Waals surface area contributed by atoms with E-state index in [9.17, 15) is 0 Å². The van der Waals surface area contributed by atoms with E-state index in [0.29, 0.717) is 0 Å². The predicted molar refractivity (Wildman–Crippen MR) is 77.5 cm³/mol. The summed E-state index contributed by atoms with van der Waals surface area (Å²) in [6.45, 7) is 0. The summed E-state index contributed by atoms with van der Waals surface area (Å²) in [5.41, 5.74) is 2.18. The zero-order chi connectivity index (χ0) is 12.8. The predicted octanol–water partition coefficient (Wildman–Crippen LogP) is 3.18. The Morgan fingerprint density at radius 3 is 1.28 bits per heavy atom. The maximum absolute atomic E-state index is 3.11. The Bertz CT molecular complexity index is 488. The molecule has 0 aliphatic carbocycles. The zero-order valence-corrected chi connectivity index (χ0v) is 10.7. The first kappa shape index (κ1) is 12.1. The normalized spacial score (nSPS) is 9.22. The van der Waals surface area contributed by atoms with Gasteiger partial charge in [-0.1, -0.05) is 36.4 Å². The molecule has 0 radical (unpaired) electrons. The van der Waals surface area contributed by atoms with Gasteiger partial charge < -0.3 is 9.80 Å². The third-order valence-electron chi connectivity index (χ3n) is 2.67. The number of rotatable bonds is 2. The number of hydrogen-bond donors (Lipinski definition) is 0. The summed E-state index contributed by atoms with van der Waals surface area (Å²) in [6, 6.07) is 26.4. The Morgan fingerprint density at radius 2 is 0.944 bits per heavy atom. The van der Waals surface area contributed by atoms with Gasteiger partial charge in [-0.15, -0.1) is 0 Å². The van der Waals surface area contributed by atoms with Crippen molar-refractivity contribution in [3.8, 4) is 12.1 Å². The van der Waals surface area contributed by atoms with Crippen molar-refractivity contribution in [2.75, 3.05) is 23.9 Å². The van der Waals surface area contributed by atoms with Crippen LogP contribution in [0.5, 0.6) is 0 Å². The van der Waals surface area contributed by atoms with Crippen molar-refractivity contribution in [2.24, 2.45) is 0 Å². The fourth-order valence-electron chi connectivity index (χ4n) is 1.58. The molecule has 2 heteroatoms. The van der Waals surface area contributed by atoms with E-state index in [0.717, 1.165) is 11.4 Å². The van der Waals surface area contributed by atoms with Crippen LogP contribution in [0, 0.1) is 12.1 Å². The molecular formula is C16H16N2. The van der Waals surface area contributed by atoms with Crippen molar-refractivity contribution in [3.05, 3.63) is 60.7 Å². The third-order valence-corrected chi connectivity index (χ3v) is 2.67. The molecule has 0 amide bonds. The van der Waals surface area contributed by atoms with E-state index >= 15 is 0 Å². The smallest absolute Gasteiger partial charge is 0.0486 e. The minimum Gasteiger partial charge on any atom is -0.303 e. The molecule has 2 nitrogen and oxygen atoms in total. The van der Waals surface area contributed by atoms with Crippen molar-refractivity contribution in [3.63, 3.8) is 0 Å². The van der Waals surface area contributed by atoms with Crippen LogP contribution in [0.1, 0.15) is 0 Å². The van der Waals surface area contributed by atoms with Crippen LogP contribution in [-0.4, -0.2) is 14.1 Å². The second kappa shape index (κ2) is 5.79. The summed E-state index contributed by atoms with van der Waals surface area (Å²) in [6.07, 6.45) is 0. The van der Waals surface area contributed by atoms with Crippen LogP contribution in [0.25, 0.3) is 0 Å². The molecule has 2 rings (SSSR count). The molecular weight excluding hydrogens is 220 g/mol. The average Bonchev–Trinajstić information content (AvgIpc) is 2.46. The van der Waals surface area contributed by atoms with E-state index in [1.807, 2.05) is 84.6 Å². The molecule has 2 aromatic carbocycles. The Morgan fingerprint density at radius 1 is 0.611 bits per heavy atom. The van der Waals surface area contributed by atoms with Gasteiger partial charge in [0.25, 0.3) is 0 Å². The zero-order valence-electron chi connectivity index (χ0n) is 10.7. The third kappa shape index (κ3) is 3.05. The van der Waals surface area contributed by atoms with Crippen molar-refractivity contribution in [1.82, 2.24) is 0 Å². The molecule has 18 heavy (non-hydrogen) atoms. The number of nitrogens with zero attached hydrogens (tertiary/aromatic N) is 2. The second-order valence-corrected chi connectivity index (χ2v) is 4.01. The molecule has 0 bridgehead atoms. The quantitative estimate of drug-likeness (QED) is 0.583. The largest absolute Gasteiger partial charge is 0.303 e. The van der Waals surface area contributed by atoms with Crippen LogP contribution in [-0.2, 0) is 0 Å². The van der Waals surface area contributed by atoms with Gasteiger partial charge in [0.2, 0.25) is 0 Å². The minimum absolute atomic E-state index is 1.09. The highest BCUT2D eigenvalue weighted by Gasteiger charge is 1.96. The van der Waals surface area contributed by atoms with Gasteiger partial charge in [-0.2, -0.15) is 0 Å². The SMILES string of the molecule is CN(C#CN(C)c1ccccc1)c1ccccc1. The Balaban J connectivity index is 2.09. The van der Waals surface area contributed by atoms with Crippen LogP contribution < -0.4 is 9.80 Å². The van der Waals surface area contributed by atoms with Gasteiger partial charge in [-0.05, 0) is 24.3 Å². The van der Waals surface area contributed by atoms with Gasteiger partial charge in [0.05, 0.1) is 0 Å². The number of benzene rings is 2. The average molecular weight is 236 g/mol. The molecule has 0 aliphatic heterocycles. The fourth-order valence-corrected chi connectivity index (χ4v) is 1.58. The molecule has 0 aromatic heterocycles. The van der Waals surface area contributed by atoms with Crippen LogP contribution >= 0.6 is 0 Å². The molecule has 0 unspecified atom stereocenters. The molecule has 0 spiro atoms. The van der Waals surface area contributed by atoms with Gasteiger partial charge >= 0.3 is 0 Å². The van der Waals surface area contributed by atoms with Crippen molar-refractivity contribution >= 4 is 11.4 Å². The molecule has 0 atom stereocenters. The maximum Gasteiger partial charge on any atom is 0.0486 e. The molecule has 2 aromatic rings. The highest BCUT2D eigenvalue weighted by Crippen LogP contribution is 2.11. The van der Waals surface area contributed by atoms with Gasteiger partial charge in [-0.3, -0.25) is 0 Å². The standard InChI is InChI=1S/C16H16N2/c1-17(15-9-5-3-6-10-15)13-14-18(2)16-11-7-4-8-12-16/h3-12H,1-2H3. The van der Waals surface area contributed by atoms with Gasteiger partial charge in [0.15, 0.2) is 0 Å². The number of anilines is 2. The monoisotopic (exact) mass is 236 g/mol. The highest BCUT2D eigenvalue weighted by molar-refractivity contribution is 5.54. The van der Waals surface area contributed by atoms with Crippen molar-refractivity contribution in [2.45, 2.75) is 0 Å². The van der Waals surface area contributed by atoms with Crippen molar-refractivity contribution < 1.29 is 0 Å². The van der Waals surface area contributed by atoms with Crippen LogP contribution in [0.2, 0.25) is 0 Å². The molecule has 0 aliphatic rings. The summed E-state index contributed by atoms with van der Waals surface area (Å²) in [5, 5.41) is 0. The number of hydrogen-bond acceptors (Lipinski definition) is 2. The van der Waals surface area contributed by atoms with E-state index in [2.05, 4.69) is 12.1 Å². The summed E-state index contributed by atoms with van der Waals surface area (Å²) < 4.78 is 0. The van der Waals surface area contributed by atoms with E-state index < -0.39 is 0 Å². The van der Waals surface area contributed by atoms with Gasteiger partial charge in [0, 0.05) is 37.6 Å². The Kier molecular flexibility index (Phi) is 3.88. The topological polar surface area (TPSA) is 6.48 Å². The fraction of sp³-hybridized carbons (Fsp3) is 0.125. The molecule has 0 saturated heterocycles. The number of para-hydroxylation sites is 2. The lowest BCUT2D eigenvalue weighted by Crippen LogP contribution is -2.13. The first-order valence-electron chi connectivity index (χ1n) is 5.86. The lowest BCUT2D eigenvalue weighted by Gasteiger charge is -2.13. The Labute approximate surface area is 108 Å². The molecule has 0 heterocycles. The van der Waals surface area contributed by atoms with Crippen LogP contribution in [0.4, 0.5) is 11.4 Å². The summed E-state index contributed by atoms with van der Waals surface area (Å²) >= 11 is 0. The van der Waals surface area contributed by atoms with E-state index in [1.54, 1.807) is 0 Å². The van der Waals surface area contributed by atoms with E-state index in [-0.39, 0.29) is 0 Å². The van der Waals surface area contributed by atoms with Crippen molar-refractivity contribution in [1.29, 1.82) is 0 Å². The lowest BCUT2D eigenvalue weighted by molar-refractivity contribution is 1.21. The first-order chi connectivity index (χ1) is 8.77. The molecule has 90 valence electrons. The molecule has 0 fully saturated rings. The summed E-state index contributed by atoms with van der Waals surface area (Å²) in [5.74, 6) is 0. The van der Waals surface area contributed by atoms with Gasteiger partial charge in [-0.25, -0.2) is 0 Å². The maximum atomic E-state index is 3.11. The Hall–Kier alpha value is -2.40. The minimum atomic E-state index is 1.09. The second-order valence-electron chi connectivity index (χ2n) is 4.01. The molecule has 0 saturated carbocycles. The summed E-state index contributed by atoms with van der Waals surface area (Å²) in [7, 11) is 3.92. The summed E-state index contributed by atoms with van der Waals surface area (Å²) in [4.78, 5) is 3.83. The van der Waals surface area contributed by atoms with E-state index in [4.69, 9.17) is 0 Å². The van der Waals surface area contributed by atoms with E-state index in [1.165, 1.54) is 0 Å². The van der Waals surface area contributed by atoms with Crippen LogP contribution in [0.15, 0.2) is 60.7 Å². The van der Waals surface area contributed by atoms with Gasteiger partial charge in [0.1, 0.15) is 0 Å². The highest BCUT2D eigenvalue weighted by atomic mass is 15.1. The first-order valence-corrected chi connectivity index (χ1v) is 5.86.